The minimum atomic E-state index is -1.15. The molecular weight excluding hydrogens is 413 g/mol. The number of halogens is 1. The molecule has 1 aliphatic rings. The van der Waals surface area contributed by atoms with Crippen LogP contribution in [0.1, 0.15) is 28.8 Å². The Labute approximate surface area is 184 Å². The Morgan fingerprint density at radius 2 is 1.97 bits per heavy atom. The predicted octanol–water partition coefficient (Wildman–Crippen LogP) is 2.97. The van der Waals surface area contributed by atoms with Crippen molar-refractivity contribution < 1.29 is 23.9 Å². The van der Waals surface area contributed by atoms with Crippen LogP contribution in [0, 0.1) is 11.7 Å². The fourth-order valence-electron chi connectivity index (χ4n) is 4.18. The van der Waals surface area contributed by atoms with Gasteiger partial charge in [-0.15, -0.1) is 0 Å². The second-order valence-electron chi connectivity index (χ2n) is 8.06. The van der Waals surface area contributed by atoms with E-state index in [2.05, 4.69) is 10.3 Å². The minimum Gasteiger partial charge on any atom is -0.480 e. The summed E-state index contributed by atoms with van der Waals surface area (Å²) >= 11 is 0. The van der Waals surface area contributed by atoms with E-state index in [0.29, 0.717) is 41.4 Å². The van der Waals surface area contributed by atoms with Gasteiger partial charge in [0.05, 0.1) is 5.92 Å². The van der Waals surface area contributed by atoms with Crippen LogP contribution in [0.4, 0.5) is 4.39 Å². The third-order valence-electron chi connectivity index (χ3n) is 5.87. The number of amides is 2. The number of carboxylic acids is 1. The molecule has 3 aromatic rings. The number of fused-ring (bicyclic) bond motifs is 1. The maximum atomic E-state index is 13.4. The molecule has 166 valence electrons. The van der Waals surface area contributed by atoms with Crippen molar-refractivity contribution in [1.29, 1.82) is 0 Å². The first-order valence-corrected chi connectivity index (χ1v) is 10.6. The molecule has 8 heteroatoms. The largest absolute Gasteiger partial charge is 0.480 e. The fraction of sp³-hybridized carbons (Fsp3) is 0.292. The van der Waals surface area contributed by atoms with E-state index in [1.54, 1.807) is 41.4 Å². The number of carbonyl (C=O) groups is 3. The molecule has 1 fully saturated rings. The molecule has 0 aliphatic carbocycles. The smallest absolute Gasteiger partial charge is 0.326 e. The van der Waals surface area contributed by atoms with Gasteiger partial charge in [-0.25, -0.2) is 9.18 Å². The molecule has 1 saturated heterocycles. The standard InChI is InChI=1S/C24H24FN3O4/c25-18-8-9-19-17(13-26-20(19)12-18)11-21(24(31)32)27-22(29)16-7-4-10-28(14-16)23(30)15-5-2-1-3-6-15/h1-3,5-6,8-9,12-13,16,21,26H,4,7,10-11,14H2,(H,27,29)(H,31,32)/t16-,21-/m1/s1. The summed E-state index contributed by atoms with van der Waals surface area (Å²) in [6.45, 7) is 0.810. The van der Waals surface area contributed by atoms with Crippen LogP contribution in [0.3, 0.4) is 0 Å². The summed E-state index contributed by atoms with van der Waals surface area (Å²) in [4.78, 5) is 42.0. The lowest BCUT2D eigenvalue weighted by Crippen LogP contribution is -2.50. The topological polar surface area (TPSA) is 102 Å². The number of hydrogen-bond donors (Lipinski definition) is 3. The van der Waals surface area contributed by atoms with Gasteiger partial charge in [-0.1, -0.05) is 18.2 Å². The highest BCUT2D eigenvalue weighted by Gasteiger charge is 2.31. The Bertz CT molecular complexity index is 1140. The molecule has 32 heavy (non-hydrogen) atoms. The van der Waals surface area contributed by atoms with Gasteiger partial charge >= 0.3 is 5.97 Å². The highest BCUT2D eigenvalue weighted by Crippen LogP contribution is 2.22. The first kappa shape index (κ1) is 21.5. The molecule has 7 nitrogen and oxygen atoms in total. The van der Waals surface area contributed by atoms with Crippen LogP contribution in [-0.4, -0.2) is 51.9 Å². The van der Waals surface area contributed by atoms with E-state index >= 15 is 0 Å². The summed E-state index contributed by atoms with van der Waals surface area (Å²) in [5, 5.41) is 13.0. The molecule has 2 aromatic carbocycles. The number of rotatable bonds is 6. The first-order chi connectivity index (χ1) is 15.4. The summed E-state index contributed by atoms with van der Waals surface area (Å²) in [5.41, 5.74) is 1.81. The monoisotopic (exact) mass is 437 g/mol. The van der Waals surface area contributed by atoms with Crippen molar-refractivity contribution in [1.82, 2.24) is 15.2 Å². The molecule has 1 aliphatic heterocycles. The molecule has 0 bridgehead atoms. The van der Waals surface area contributed by atoms with Gasteiger partial charge in [0.1, 0.15) is 11.9 Å². The quantitative estimate of drug-likeness (QED) is 0.552. The molecule has 4 rings (SSSR count). The van der Waals surface area contributed by atoms with E-state index in [1.165, 1.54) is 12.1 Å². The van der Waals surface area contributed by atoms with Gasteiger partial charge in [-0.3, -0.25) is 9.59 Å². The number of nitrogens with zero attached hydrogens (tertiary/aromatic N) is 1. The molecule has 0 unspecified atom stereocenters. The summed E-state index contributed by atoms with van der Waals surface area (Å²) in [6.07, 6.45) is 2.95. The molecular formula is C24H24FN3O4. The number of piperidine rings is 1. The van der Waals surface area contributed by atoms with E-state index in [0.717, 1.165) is 0 Å². The minimum absolute atomic E-state index is 0.0616. The number of H-pyrrole nitrogens is 1. The zero-order valence-corrected chi connectivity index (χ0v) is 17.4. The van der Waals surface area contributed by atoms with Crippen LogP contribution in [0.2, 0.25) is 0 Å². The van der Waals surface area contributed by atoms with Crippen LogP contribution in [-0.2, 0) is 16.0 Å². The van der Waals surface area contributed by atoms with Crippen LogP contribution in [0.15, 0.2) is 54.7 Å². The van der Waals surface area contributed by atoms with Crippen LogP contribution < -0.4 is 5.32 Å². The molecule has 0 spiro atoms. The van der Waals surface area contributed by atoms with Gasteiger partial charge in [-0.2, -0.15) is 0 Å². The molecule has 2 heterocycles. The predicted molar refractivity (Wildman–Crippen MR) is 117 cm³/mol. The van der Waals surface area contributed by atoms with Crippen LogP contribution in [0.5, 0.6) is 0 Å². The Balaban J connectivity index is 1.43. The Hall–Kier alpha value is -3.68. The molecule has 2 atom stereocenters. The third-order valence-corrected chi connectivity index (χ3v) is 5.87. The van der Waals surface area contributed by atoms with E-state index in [-0.39, 0.29) is 30.6 Å². The van der Waals surface area contributed by atoms with E-state index in [9.17, 15) is 23.9 Å². The maximum absolute atomic E-state index is 13.4. The number of carbonyl (C=O) groups excluding carboxylic acids is 2. The number of aliphatic carboxylic acids is 1. The van der Waals surface area contributed by atoms with Gasteiger partial charge in [0, 0.05) is 42.2 Å². The average molecular weight is 437 g/mol. The Morgan fingerprint density at radius 3 is 2.72 bits per heavy atom. The Kier molecular flexibility index (Phi) is 6.20. The molecule has 1 aromatic heterocycles. The van der Waals surface area contributed by atoms with Crippen LogP contribution >= 0.6 is 0 Å². The fourth-order valence-corrected chi connectivity index (χ4v) is 4.18. The number of nitrogens with one attached hydrogen (secondary N) is 2. The lowest BCUT2D eigenvalue weighted by molar-refractivity contribution is -0.142. The number of likely N-dealkylation sites (tertiary alicyclic amines) is 1. The molecule has 2 amide bonds. The second kappa shape index (κ2) is 9.21. The zero-order valence-electron chi connectivity index (χ0n) is 17.4. The maximum Gasteiger partial charge on any atom is 0.326 e. The third kappa shape index (κ3) is 4.64. The van der Waals surface area contributed by atoms with Crippen molar-refractivity contribution in [3.05, 3.63) is 71.7 Å². The first-order valence-electron chi connectivity index (χ1n) is 10.6. The van der Waals surface area contributed by atoms with Gasteiger partial charge < -0.3 is 20.3 Å². The van der Waals surface area contributed by atoms with Crippen molar-refractivity contribution in [3.63, 3.8) is 0 Å². The number of hydrogen-bond acceptors (Lipinski definition) is 3. The van der Waals surface area contributed by atoms with Gasteiger partial charge in [0.25, 0.3) is 5.91 Å². The van der Waals surface area contributed by atoms with Crippen molar-refractivity contribution >= 4 is 28.7 Å². The summed E-state index contributed by atoms with van der Waals surface area (Å²) in [7, 11) is 0. The zero-order chi connectivity index (χ0) is 22.7. The second-order valence-corrected chi connectivity index (χ2v) is 8.06. The molecule has 0 radical (unpaired) electrons. The van der Waals surface area contributed by atoms with E-state index in [1.807, 2.05) is 6.07 Å². The molecule has 0 saturated carbocycles. The number of benzene rings is 2. The van der Waals surface area contributed by atoms with Crippen molar-refractivity contribution in [2.24, 2.45) is 5.92 Å². The average Bonchev–Trinajstić information content (AvgIpc) is 3.20. The lowest BCUT2D eigenvalue weighted by atomic mass is 9.95. The summed E-state index contributed by atoms with van der Waals surface area (Å²) in [5.74, 6) is -2.53. The normalized spacial score (nSPS) is 17.2. The van der Waals surface area contributed by atoms with E-state index in [4.69, 9.17) is 0 Å². The van der Waals surface area contributed by atoms with Crippen LogP contribution in [0.25, 0.3) is 10.9 Å². The van der Waals surface area contributed by atoms with Crippen molar-refractivity contribution in [2.45, 2.75) is 25.3 Å². The number of aromatic amines is 1. The highest BCUT2D eigenvalue weighted by molar-refractivity contribution is 5.95. The van der Waals surface area contributed by atoms with Gasteiger partial charge in [0.2, 0.25) is 5.91 Å². The van der Waals surface area contributed by atoms with E-state index < -0.39 is 17.9 Å². The van der Waals surface area contributed by atoms with Crippen molar-refractivity contribution in [3.8, 4) is 0 Å². The highest BCUT2D eigenvalue weighted by atomic mass is 19.1. The summed E-state index contributed by atoms with van der Waals surface area (Å²) < 4.78 is 13.4. The van der Waals surface area contributed by atoms with Gasteiger partial charge in [0.15, 0.2) is 0 Å². The van der Waals surface area contributed by atoms with Gasteiger partial charge in [-0.05, 0) is 48.7 Å². The van der Waals surface area contributed by atoms with Crippen molar-refractivity contribution in [2.75, 3.05) is 13.1 Å². The Morgan fingerprint density at radius 1 is 1.19 bits per heavy atom. The summed E-state index contributed by atoms with van der Waals surface area (Å²) in [6, 6.07) is 12.0. The SMILES string of the molecule is O=C(N[C@H](Cc1c[nH]c2cc(F)ccc12)C(=O)O)[C@@H]1CCCN(C(=O)c2ccccc2)C1. The number of aromatic nitrogens is 1. The lowest BCUT2D eigenvalue weighted by Gasteiger charge is -2.32. The molecule has 3 N–H and O–H groups in total. The number of carboxylic acid groups (broad SMARTS) is 1.